The van der Waals surface area contributed by atoms with Gasteiger partial charge in [-0.15, -0.1) is 0 Å². The van der Waals surface area contributed by atoms with Crippen molar-refractivity contribution in [2.45, 2.75) is 40.0 Å². The summed E-state index contributed by atoms with van der Waals surface area (Å²) >= 11 is 0. The Labute approximate surface area is 125 Å². The first-order valence-electron chi connectivity index (χ1n) is 8.48. The minimum atomic E-state index is 0.431. The van der Waals surface area contributed by atoms with Crippen LogP contribution in [-0.4, -0.2) is 51.3 Å². The van der Waals surface area contributed by atoms with Crippen molar-refractivity contribution in [1.82, 2.24) is 10.2 Å². The number of nitrogens with zero attached hydrogens (tertiary/aromatic N) is 1. The normalized spacial score (nSPS) is 29.1. The second kappa shape index (κ2) is 7.24. The van der Waals surface area contributed by atoms with E-state index >= 15 is 0 Å². The molecule has 2 aliphatic rings. The van der Waals surface area contributed by atoms with Crippen LogP contribution in [0.4, 0.5) is 0 Å². The lowest BCUT2D eigenvalue weighted by atomic mass is 9.79. The van der Waals surface area contributed by atoms with Gasteiger partial charge in [-0.2, -0.15) is 0 Å². The van der Waals surface area contributed by atoms with Crippen LogP contribution in [0.15, 0.2) is 0 Å². The molecule has 20 heavy (non-hydrogen) atoms. The van der Waals surface area contributed by atoms with Crippen LogP contribution in [0.5, 0.6) is 0 Å². The number of nitrogens with one attached hydrogen (secondary N) is 1. The first kappa shape index (κ1) is 16.3. The molecule has 0 aromatic rings. The third-order valence-electron chi connectivity index (χ3n) is 5.03. The van der Waals surface area contributed by atoms with E-state index in [0.29, 0.717) is 5.41 Å². The highest BCUT2D eigenvalue weighted by molar-refractivity contribution is 4.90. The summed E-state index contributed by atoms with van der Waals surface area (Å²) in [4.78, 5) is 2.58. The van der Waals surface area contributed by atoms with E-state index in [1.165, 1.54) is 32.4 Å². The van der Waals surface area contributed by atoms with Crippen LogP contribution in [0.3, 0.4) is 0 Å². The average Bonchev–Trinajstić information content (AvgIpc) is 3.04. The minimum absolute atomic E-state index is 0.431. The van der Waals surface area contributed by atoms with Crippen LogP contribution >= 0.6 is 0 Å². The van der Waals surface area contributed by atoms with Gasteiger partial charge in [-0.3, -0.25) is 0 Å². The molecule has 0 amide bonds. The van der Waals surface area contributed by atoms with Crippen LogP contribution in [0.1, 0.15) is 40.0 Å². The van der Waals surface area contributed by atoms with Gasteiger partial charge in [0.1, 0.15) is 0 Å². The summed E-state index contributed by atoms with van der Waals surface area (Å²) in [6.45, 7) is 13.6. The summed E-state index contributed by atoms with van der Waals surface area (Å²) in [5.41, 5.74) is 0.431. The van der Waals surface area contributed by atoms with Crippen molar-refractivity contribution in [2.75, 3.05) is 46.4 Å². The molecule has 0 spiro atoms. The highest BCUT2D eigenvalue weighted by Crippen LogP contribution is 2.39. The SMILES string of the molecule is CC(C)CNCC1(CN(C)CC2CC2C)CCOCC1. The summed E-state index contributed by atoms with van der Waals surface area (Å²) in [6.07, 6.45) is 3.86. The Morgan fingerprint density at radius 1 is 1.30 bits per heavy atom. The lowest BCUT2D eigenvalue weighted by Gasteiger charge is -2.40. The van der Waals surface area contributed by atoms with Crippen molar-refractivity contribution in [2.24, 2.45) is 23.2 Å². The minimum Gasteiger partial charge on any atom is -0.381 e. The van der Waals surface area contributed by atoms with Gasteiger partial charge in [0.2, 0.25) is 0 Å². The summed E-state index contributed by atoms with van der Waals surface area (Å²) in [7, 11) is 2.31. The fraction of sp³-hybridized carbons (Fsp3) is 1.00. The Balaban J connectivity index is 1.81. The van der Waals surface area contributed by atoms with Crippen molar-refractivity contribution in [3.63, 3.8) is 0 Å². The van der Waals surface area contributed by atoms with Crippen LogP contribution < -0.4 is 5.32 Å². The Hall–Kier alpha value is -0.120. The van der Waals surface area contributed by atoms with E-state index in [-0.39, 0.29) is 0 Å². The molecule has 1 saturated heterocycles. The molecule has 1 aliphatic carbocycles. The Kier molecular flexibility index (Phi) is 5.88. The Bertz CT molecular complexity index is 287. The first-order chi connectivity index (χ1) is 9.51. The zero-order chi connectivity index (χ0) is 14.6. The molecule has 2 rings (SSSR count). The molecular formula is C17H34N2O. The van der Waals surface area contributed by atoms with Crippen molar-refractivity contribution in [3.05, 3.63) is 0 Å². The maximum Gasteiger partial charge on any atom is 0.0472 e. The molecule has 1 heterocycles. The second-order valence-electron chi connectivity index (χ2n) is 7.81. The zero-order valence-corrected chi connectivity index (χ0v) is 14.0. The highest BCUT2D eigenvalue weighted by atomic mass is 16.5. The van der Waals surface area contributed by atoms with E-state index in [9.17, 15) is 0 Å². The van der Waals surface area contributed by atoms with Gasteiger partial charge < -0.3 is 15.0 Å². The lowest BCUT2D eigenvalue weighted by Crippen LogP contribution is -2.47. The molecule has 0 aromatic carbocycles. The average molecular weight is 282 g/mol. The van der Waals surface area contributed by atoms with Gasteiger partial charge in [0, 0.05) is 32.8 Å². The zero-order valence-electron chi connectivity index (χ0n) is 14.0. The Morgan fingerprint density at radius 3 is 2.50 bits per heavy atom. The molecule has 1 aliphatic heterocycles. The summed E-state index contributed by atoms with van der Waals surface area (Å²) < 4.78 is 5.60. The van der Waals surface area contributed by atoms with E-state index in [1.807, 2.05) is 0 Å². The molecule has 1 N–H and O–H groups in total. The molecule has 118 valence electrons. The van der Waals surface area contributed by atoms with Crippen molar-refractivity contribution in [3.8, 4) is 0 Å². The predicted octanol–water partition coefficient (Wildman–Crippen LogP) is 2.62. The molecule has 0 aromatic heterocycles. The lowest BCUT2D eigenvalue weighted by molar-refractivity contribution is -0.00146. The fourth-order valence-corrected chi connectivity index (χ4v) is 3.51. The largest absolute Gasteiger partial charge is 0.381 e. The van der Waals surface area contributed by atoms with Gasteiger partial charge in [-0.25, -0.2) is 0 Å². The summed E-state index contributed by atoms with van der Waals surface area (Å²) in [5, 5.41) is 3.70. The number of rotatable bonds is 8. The predicted molar refractivity (Wildman–Crippen MR) is 85.0 cm³/mol. The molecule has 2 unspecified atom stereocenters. The maximum absolute atomic E-state index is 5.60. The number of ether oxygens (including phenoxy) is 1. The molecule has 2 atom stereocenters. The molecule has 3 nitrogen and oxygen atoms in total. The number of hydrogen-bond donors (Lipinski definition) is 1. The van der Waals surface area contributed by atoms with Gasteiger partial charge in [0.15, 0.2) is 0 Å². The topological polar surface area (TPSA) is 24.5 Å². The molecule has 0 radical (unpaired) electrons. The smallest absolute Gasteiger partial charge is 0.0472 e. The van der Waals surface area contributed by atoms with Gasteiger partial charge in [-0.05, 0) is 56.0 Å². The summed E-state index contributed by atoms with van der Waals surface area (Å²) in [6, 6.07) is 0. The fourth-order valence-electron chi connectivity index (χ4n) is 3.51. The van der Waals surface area contributed by atoms with E-state index < -0.39 is 0 Å². The molecule has 0 bridgehead atoms. The van der Waals surface area contributed by atoms with Crippen molar-refractivity contribution in [1.29, 1.82) is 0 Å². The first-order valence-corrected chi connectivity index (χ1v) is 8.48. The molecular weight excluding hydrogens is 248 g/mol. The van der Waals surface area contributed by atoms with Gasteiger partial charge in [-0.1, -0.05) is 20.8 Å². The molecule has 3 heteroatoms. The van der Waals surface area contributed by atoms with Crippen LogP contribution in [0.25, 0.3) is 0 Å². The standard InChI is InChI=1S/C17H34N2O/c1-14(2)10-18-12-17(5-7-20-8-6-17)13-19(4)11-16-9-15(16)3/h14-16,18H,5-13H2,1-4H3. The van der Waals surface area contributed by atoms with Crippen molar-refractivity contribution < 1.29 is 4.74 Å². The van der Waals surface area contributed by atoms with Crippen LogP contribution in [0.2, 0.25) is 0 Å². The third kappa shape index (κ3) is 5.01. The van der Waals surface area contributed by atoms with Gasteiger partial charge in [0.25, 0.3) is 0 Å². The van der Waals surface area contributed by atoms with E-state index in [2.05, 4.69) is 38.0 Å². The second-order valence-corrected chi connectivity index (χ2v) is 7.81. The third-order valence-corrected chi connectivity index (χ3v) is 5.03. The highest BCUT2D eigenvalue weighted by Gasteiger charge is 2.37. The molecule has 1 saturated carbocycles. The van der Waals surface area contributed by atoms with E-state index in [1.54, 1.807) is 0 Å². The molecule has 2 fully saturated rings. The van der Waals surface area contributed by atoms with E-state index in [4.69, 9.17) is 4.74 Å². The maximum atomic E-state index is 5.60. The van der Waals surface area contributed by atoms with Crippen molar-refractivity contribution >= 4 is 0 Å². The van der Waals surface area contributed by atoms with Crippen LogP contribution in [-0.2, 0) is 4.74 Å². The Morgan fingerprint density at radius 2 is 1.95 bits per heavy atom. The quantitative estimate of drug-likeness (QED) is 0.740. The van der Waals surface area contributed by atoms with Crippen LogP contribution in [0, 0.1) is 23.2 Å². The monoisotopic (exact) mass is 282 g/mol. The number of hydrogen-bond acceptors (Lipinski definition) is 3. The van der Waals surface area contributed by atoms with Gasteiger partial charge >= 0.3 is 0 Å². The summed E-state index contributed by atoms with van der Waals surface area (Å²) in [5.74, 6) is 2.65. The van der Waals surface area contributed by atoms with Gasteiger partial charge in [0.05, 0.1) is 0 Å². The van der Waals surface area contributed by atoms with E-state index in [0.717, 1.165) is 44.1 Å².